The molecule has 1 saturated heterocycles. The predicted octanol–water partition coefficient (Wildman–Crippen LogP) is 4.33. The molecule has 0 amide bonds. The number of ether oxygens (including phenoxy) is 1. The van der Waals surface area contributed by atoms with Crippen LogP contribution in [0.1, 0.15) is 66.2 Å². The van der Waals surface area contributed by atoms with Gasteiger partial charge < -0.3 is 4.74 Å². The Bertz CT molecular complexity index is 251. The minimum atomic E-state index is -0.317. The van der Waals surface area contributed by atoms with E-state index in [1.165, 1.54) is 24.3 Å². The van der Waals surface area contributed by atoms with Gasteiger partial charge >= 0.3 is 0 Å². The molecule has 19 heavy (non-hydrogen) atoms. The summed E-state index contributed by atoms with van der Waals surface area (Å²) in [5.74, 6) is 0. The molecular weight excluding hydrogens is 306 g/mol. The number of halogens is 1. The van der Waals surface area contributed by atoms with Crippen molar-refractivity contribution in [2.75, 3.05) is 11.9 Å². The van der Waals surface area contributed by atoms with E-state index < -0.39 is 0 Å². The predicted molar refractivity (Wildman–Crippen MR) is 81.9 cm³/mol. The van der Waals surface area contributed by atoms with Crippen molar-refractivity contribution in [3.8, 4) is 0 Å². The number of unbranched alkanes of at least 4 members (excludes halogenated alkanes) is 3. The molecule has 113 valence electrons. The summed E-state index contributed by atoms with van der Waals surface area (Å²) in [6.07, 6.45) is 6.78. The third-order valence-electron chi connectivity index (χ3n) is 3.94. The number of rotatable bonds is 7. The molecule has 1 radical (unpaired) electrons. The lowest BCUT2D eigenvalue weighted by atomic mass is 9.80. The van der Waals surface area contributed by atoms with Crippen LogP contribution in [-0.2, 0) is 9.94 Å². The Morgan fingerprint density at radius 1 is 1.05 bits per heavy atom. The largest absolute Gasteiger partial charge is 0.378 e. The number of hydrogen-bond donors (Lipinski definition) is 0. The highest BCUT2D eigenvalue weighted by Gasteiger charge is 2.46. The van der Waals surface area contributed by atoms with Gasteiger partial charge in [-0.05, 0) is 53.4 Å². The standard InChI is InChI=1S/C15H29BrNO2/c1-14(2)11-13(12-15(3,4)17(14)18)19-10-8-6-5-7-9-16/h13H,5-12H2,1-4H3. The minimum Gasteiger partial charge on any atom is -0.378 e. The third kappa shape index (κ3) is 5.33. The van der Waals surface area contributed by atoms with Crippen molar-refractivity contribution < 1.29 is 9.94 Å². The van der Waals surface area contributed by atoms with E-state index in [9.17, 15) is 5.21 Å². The van der Waals surface area contributed by atoms with Crippen LogP contribution in [0.2, 0.25) is 0 Å². The van der Waals surface area contributed by atoms with E-state index in [0.29, 0.717) is 0 Å². The van der Waals surface area contributed by atoms with Gasteiger partial charge in [0.2, 0.25) is 0 Å². The molecule has 0 atom stereocenters. The number of piperidine rings is 1. The average molecular weight is 335 g/mol. The average Bonchev–Trinajstić information content (AvgIpc) is 2.30. The Hall–Kier alpha value is 0.360. The van der Waals surface area contributed by atoms with E-state index in [1.54, 1.807) is 0 Å². The maximum atomic E-state index is 12.2. The number of nitrogens with zero attached hydrogens (tertiary/aromatic N) is 1. The third-order valence-corrected chi connectivity index (χ3v) is 4.50. The Labute approximate surface area is 126 Å². The van der Waals surface area contributed by atoms with Crippen LogP contribution in [0.5, 0.6) is 0 Å². The minimum absolute atomic E-state index is 0.228. The molecule has 0 saturated carbocycles. The Kier molecular flexibility index (Phi) is 6.77. The summed E-state index contributed by atoms with van der Waals surface area (Å²) in [5.41, 5.74) is -0.634. The first-order chi connectivity index (χ1) is 8.79. The second-order valence-electron chi connectivity index (χ2n) is 6.92. The van der Waals surface area contributed by atoms with Crippen molar-refractivity contribution in [3.63, 3.8) is 0 Å². The van der Waals surface area contributed by atoms with Gasteiger partial charge in [0.1, 0.15) is 0 Å². The Balaban J connectivity index is 2.31. The summed E-state index contributed by atoms with van der Waals surface area (Å²) in [5, 5.41) is 14.6. The quantitative estimate of drug-likeness (QED) is 0.512. The van der Waals surface area contributed by atoms with Crippen LogP contribution < -0.4 is 0 Å². The molecule has 1 aliphatic heterocycles. The zero-order chi connectivity index (χ0) is 14.5. The van der Waals surface area contributed by atoms with E-state index in [0.717, 1.165) is 31.2 Å². The van der Waals surface area contributed by atoms with Crippen molar-refractivity contribution >= 4 is 15.9 Å². The van der Waals surface area contributed by atoms with Gasteiger partial charge in [-0.2, -0.15) is 0 Å². The van der Waals surface area contributed by atoms with Gasteiger partial charge in [-0.3, -0.25) is 0 Å². The molecule has 0 bridgehead atoms. The van der Waals surface area contributed by atoms with Crippen molar-refractivity contribution in [2.24, 2.45) is 0 Å². The molecule has 0 aromatic carbocycles. The highest BCUT2D eigenvalue weighted by Crippen LogP contribution is 2.38. The normalized spacial score (nSPS) is 23.7. The SMILES string of the molecule is CC1(C)CC(OCCCCCCBr)CC(C)(C)N1[O]. The van der Waals surface area contributed by atoms with E-state index in [2.05, 4.69) is 15.9 Å². The van der Waals surface area contributed by atoms with Crippen LogP contribution in [0.25, 0.3) is 0 Å². The smallest absolute Gasteiger partial charge is 0.0611 e. The van der Waals surface area contributed by atoms with Crippen LogP contribution in [0.3, 0.4) is 0 Å². The second kappa shape index (κ2) is 7.39. The highest BCUT2D eigenvalue weighted by molar-refractivity contribution is 9.09. The summed E-state index contributed by atoms with van der Waals surface area (Å²) in [7, 11) is 0. The maximum Gasteiger partial charge on any atom is 0.0611 e. The Morgan fingerprint density at radius 3 is 2.11 bits per heavy atom. The van der Waals surface area contributed by atoms with Crippen molar-refractivity contribution in [3.05, 3.63) is 0 Å². The molecule has 0 aromatic rings. The van der Waals surface area contributed by atoms with Gasteiger partial charge in [-0.15, -0.1) is 10.3 Å². The lowest BCUT2D eigenvalue weighted by molar-refractivity contribution is -0.301. The molecule has 1 fully saturated rings. The zero-order valence-corrected chi connectivity index (χ0v) is 14.5. The molecule has 0 aromatic heterocycles. The highest BCUT2D eigenvalue weighted by atomic mass is 79.9. The fourth-order valence-corrected chi connectivity index (χ4v) is 3.49. The van der Waals surface area contributed by atoms with Gasteiger partial charge in [0.15, 0.2) is 0 Å². The van der Waals surface area contributed by atoms with E-state index >= 15 is 0 Å². The molecule has 0 spiro atoms. The fraction of sp³-hybridized carbons (Fsp3) is 1.00. The summed E-state index contributed by atoms with van der Waals surface area (Å²) < 4.78 is 6.01. The molecule has 0 unspecified atom stereocenters. The van der Waals surface area contributed by atoms with E-state index in [1.807, 2.05) is 27.7 Å². The van der Waals surface area contributed by atoms with E-state index in [4.69, 9.17) is 4.74 Å². The van der Waals surface area contributed by atoms with Gasteiger partial charge in [-0.25, -0.2) is 0 Å². The lowest BCUT2D eigenvalue weighted by Gasteiger charge is -2.49. The van der Waals surface area contributed by atoms with Crippen LogP contribution in [0.15, 0.2) is 0 Å². The first-order valence-corrected chi connectivity index (χ1v) is 8.57. The molecule has 1 rings (SSSR count). The number of alkyl halides is 1. The zero-order valence-electron chi connectivity index (χ0n) is 12.9. The Morgan fingerprint density at radius 2 is 1.58 bits per heavy atom. The molecule has 1 heterocycles. The molecule has 0 N–H and O–H groups in total. The van der Waals surface area contributed by atoms with Gasteiger partial charge in [0, 0.05) is 23.0 Å². The van der Waals surface area contributed by atoms with Crippen molar-refractivity contribution in [1.29, 1.82) is 0 Å². The number of hydrogen-bond acceptors (Lipinski definition) is 2. The first kappa shape index (κ1) is 17.4. The summed E-state index contributed by atoms with van der Waals surface area (Å²) >= 11 is 3.45. The molecule has 4 heteroatoms. The topological polar surface area (TPSA) is 32.4 Å². The number of hydroxylamine groups is 2. The van der Waals surface area contributed by atoms with Gasteiger partial charge in [0.05, 0.1) is 6.10 Å². The molecule has 3 nitrogen and oxygen atoms in total. The van der Waals surface area contributed by atoms with Crippen molar-refractivity contribution in [1.82, 2.24) is 5.06 Å². The first-order valence-electron chi connectivity index (χ1n) is 7.45. The maximum absolute atomic E-state index is 12.2. The molecule has 0 aliphatic carbocycles. The van der Waals surface area contributed by atoms with Gasteiger partial charge in [0.25, 0.3) is 0 Å². The molecular formula is C15H29BrNO2. The lowest BCUT2D eigenvalue weighted by Crippen LogP contribution is -2.59. The second-order valence-corrected chi connectivity index (χ2v) is 7.72. The van der Waals surface area contributed by atoms with Gasteiger partial charge in [-0.1, -0.05) is 28.8 Å². The van der Waals surface area contributed by atoms with Crippen LogP contribution in [0.4, 0.5) is 0 Å². The van der Waals surface area contributed by atoms with Crippen LogP contribution >= 0.6 is 15.9 Å². The van der Waals surface area contributed by atoms with E-state index in [-0.39, 0.29) is 17.2 Å². The summed E-state index contributed by atoms with van der Waals surface area (Å²) in [6.45, 7) is 8.92. The fourth-order valence-electron chi connectivity index (χ4n) is 3.09. The van der Waals surface area contributed by atoms with Crippen LogP contribution in [0, 0.1) is 0 Å². The summed E-state index contributed by atoms with van der Waals surface area (Å²) in [6, 6.07) is 0. The van der Waals surface area contributed by atoms with Crippen molar-refractivity contribution in [2.45, 2.75) is 83.4 Å². The van der Waals surface area contributed by atoms with Crippen LogP contribution in [-0.4, -0.2) is 34.2 Å². The summed E-state index contributed by atoms with van der Waals surface area (Å²) in [4.78, 5) is 0. The monoisotopic (exact) mass is 334 g/mol. The molecule has 1 aliphatic rings.